The minimum absolute atomic E-state index is 0.0936. The summed E-state index contributed by atoms with van der Waals surface area (Å²) in [6.07, 6.45) is 4.59. The quantitative estimate of drug-likeness (QED) is 0.875. The maximum absolute atomic E-state index is 13.4. The highest BCUT2D eigenvalue weighted by atomic mass is 19.1. The second-order valence-corrected chi connectivity index (χ2v) is 7.22. The number of piperazine rings is 1. The summed E-state index contributed by atoms with van der Waals surface area (Å²) in [7, 11) is 0. The fourth-order valence-corrected chi connectivity index (χ4v) is 4.24. The number of benzene rings is 1. The summed E-state index contributed by atoms with van der Waals surface area (Å²) < 4.78 is 13.4. The van der Waals surface area contributed by atoms with E-state index in [0.717, 1.165) is 12.8 Å². The van der Waals surface area contributed by atoms with Crippen molar-refractivity contribution in [3.05, 3.63) is 35.6 Å². The molecule has 0 spiro atoms. The van der Waals surface area contributed by atoms with Crippen molar-refractivity contribution in [3.8, 4) is 0 Å². The van der Waals surface area contributed by atoms with Crippen LogP contribution in [0.5, 0.6) is 0 Å². The molecule has 2 aliphatic rings. The zero-order valence-electron chi connectivity index (χ0n) is 15.4. The molecule has 3 rings (SSSR count). The summed E-state index contributed by atoms with van der Waals surface area (Å²) in [6.45, 7) is 5.08. The van der Waals surface area contributed by atoms with Gasteiger partial charge in [-0.05, 0) is 43.9 Å². The molecule has 0 aromatic heterocycles. The predicted octanol–water partition coefficient (Wildman–Crippen LogP) is 2.28. The maximum Gasteiger partial charge on any atom is 0.254 e. The van der Waals surface area contributed by atoms with Crippen molar-refractivity contribution in [1.29, 1.82) is 0 Å². The normalized spacial score (nSPS) is 20.2. The van der Waals surface area contributed by atoms with Gasteiger partial charge in [-0.2, -0.15) is 0 Å². The van der Waals surface area contributed by atoms with E-state index in [-0.39, 0.29) is 17.9 Å². The minimum Gasteiger partial charge on any atom is -0.355 e. The number of amides is 2. The van der Waals surface area contributed by atoms with Crippen LogP contribution in [0.2, 0.25) is 0 Å². The van der Waals surface area contributed by atoms with Gasteiger partial charge in [0, 0.05) is 38.3 Å². The summed E-state index contributed by atoms with van der Waals surface area (Å²) in [5.41, 5.74) is 0.384. The first-order chi connectivity index (χ1) is 12.6. The summed E-state index contributed by atoms with van der Waals surface area (Å²) >= 11 is 0. The van der Waals surface area contributed by atoms with Crippen LogP contribution in [0, 0.1) is 11.7 Å². The molecule has 6 heteroatoms. The molecule has 2 fully saturated rings. The predicted molar refractivity (Wildman–Crippen MR) is 98.3 cm³/mol. The van der Waals surface area contributed by atoms with Crippen molar-refractivity contribution in [3.63, 3.8) is 0 Å². The Morgan fingerprint density at radius 3 is 2.50 bits per heavy atom. The van der Waals surface area contributed by atoms with Crippen LogP contribution in [-0.4, -0.2) is 60.4 Å². The molecule has 1 aliphatic carbocycles. The molecule has 1 N–H and O–H groups in total. The van der Waals surface area contributed by atoms with Gasteiger partial charge in [-0.25, -0.2) is 4.39 Å². The largest absolute Gasteiger partial charge is 0.355 e. The van der Waals surface area contributed by atoms with Crippen molar-refractivity contribution < 1.29 is 14.0 Å². The second-order valence-electron chi connectivity index (χ2n) is 7.22. The fourth-order valence-electron chi connectivity index (χ4n) is 4.24. The van der Waals surface area contributed by atoms with Gasteiger partial charge in [-0.3, -0.25) is 14.5 Å². The standard InChI is InChI=1S/C20H28FN3O2/c1-2-22-19(25)18(15-6-3-4-7-15)23-10-12-24(13-11-23)20(26)16-8-5-9-17(21)14-16/h5,8-9,14-15,18H,2-4,6-7,10-13H2,1H3,(H,22,25). The van der Waals surface area contributed by atoms with Crippen LogP contribution >= 0.6 is 0 Å². The molecule has 2 amide bonds. The van der Waals surface area contributed by atoms with E-state index in [9.17, 15) is 14.0 Å². The molecule has 0 bridgehead atoms. The Labute approximate surface area is 154 Å². The Balaban J connectivity index is 1.63. The number of hydrogen-bond acceptors (Lipinski definition) is 3. The molecule has 1 unspecified atom stereocenters. The van der Waals surface area contributed by atoms with Crippen LogP contribution in [-0.2, 0) is 4.79 Å². The lowest BCUT2D eigenvalue weighted by molar-refractivity contribution is -0.129. The SMILES string of the molecule is CCNC(=O)C(C1CCCC1)N1CCN(C(=O)c2cccc(F)c2)CC1. The van der Waals surface area contributed by atoms with Gasteiger partial charge in [0.05, 0.1) is 6.04 Å². The summed E-state index contributed by atoms with van der Waals surface area (Å²) in [5.74, 6) is -0.0112. The van der Waals surface area contributed by atoms with E-state index in [2.05, 4.69) is 10.2 Å². The lowest BCUT2D eigenvalue weighted by Gasteiger charge is -2.40. The van der Waals surface area contributed by atoms with E-state index < -0.39 is 5.82 Å². The fraction of sp³-hybridized carbons (Fsp3) is 0.600. The Hall–Kier alpha value is -1.95. The van der Waals surface area contributed by atoms with Gasteiger partial charge >= 0.3 is 0 Å². The molecule has 1 atom stereocenters. The highest BCUT2D eigenvalue weighted by Gasteiger charge is 2.37. The Morgan fingerprint density at radius 1 is 1.19 bits per heavy atom. The van der Waals surface area contributed by atoms with Crippen LogP contribution < -0.4 is 5.32 Å². The molecule has 1 saturated carbocycles. The number of nitrogens with zero attached hydrogens (tertiary/aromatic N) is 2. The first-order valence-corrected chi connectivity index (χ1v) is 9.66. The van der Waals surface area contributed by atoms with Crippen molar-refractivity contribution in [2.24, 2.45) is 5.92 Å². The first-order valence-electron chi connectivity index (χ1n) is 9.66. The van der Waals surface area contributed by atoms with Gasteiger partial charge in [0.15, 0.2) is 0 Å². The van der Waals surface area contributed by atoms with Crippen molar-refractivity contribution in [1.82, 2.24) is 15.1 Å². The molecular weight excluding hydrogens is 333 g/mol. The van der Waals surface area contributed by atoms with E-state index in [1.54, 1.807) is 17.0 Å². The van der Waals surface area contributed by atoms with Gasteiger partial charge in [-0.1, -0.05) is 18.9 Å². The summed E-state index contributed by atoms with van der Waals surface area (Å²) in [6, 6.07) is 5.74. The molecule has 1 heterocycles. The Kier molecular flexibility index (Phi) is 6.25. The topological polar surface area (TPSA) is 52.7 Å². The van der Waals surface area contributed by atoms with Crippen molar-refractivity contribution >= 4 is 11.8 Å². The van der Waals surface area contributed by atoms with Crippen molar-refractivity contribution in [2.75, 3.05) is 32.7 Å². The van der Waals surface area contributed by atoms with Gasteiger partial charge in [0.2, 0.25) is 5.91 Å². The number of carbonyl (C=O) groups excluding carboxylic acids is 2. The second kappa shape index (κ2) is 8.62. The minimum atomic E-state index is -0.396. The number of rotatable bonds is 5. The third-order valence-corrected chi connectivity index (χ3v) is 5.53. The van der Waals surface area contributed by atoms with Gasteiger partial charge < -0.3 is 10.2 Å². The molecule has 1 aliphatic heterocycles. The van der Waals surface area contributed by atoms with Crippen LogP contribution in [0.3, 0.4) is 0 Å². The molecular formula is C20H28FN3O2. The van der Waals surface area contributed by atoms with Crippen LogP contribution in [0.4, 0.5) is 4.39 Å². The number of hydrogen-bond donors (Lipinski definition) is 1. The third kappa shape index (κ3) is 4.23. The molecule has 142 valence electrons. The van der Waals surface area contributed by atoms with E-state index in [1.165, 1.54) is 25.0 Å². The zero-order valence-corrected chi connectivity index (χ0v) is 15.4. The number of nitrogens with one attached hydrogen (secondary N) is 1. The molecule has 1 aromatic carbocycles. The van der Waals surface area contributed by atoms with Gasteiger partial charge in [-0.15, -0.1) is 0 Å². The first kappa shape index (κ1) is 18.8. The van der Waals surface area contributed by atoms with Crippen LogP contribution in [0.15, 0.2) is 24.3 Å². The van der Waals surface area contributed by atoms with Crippen LogP contribution in [0.25, 0.3) is 0 Å². The van der Waals surface area contributed by atoms with Gasteiger partial charge in [0.25, 0.3) is 5.91 Å². The smallest absolute Gasteiger partial charge is 0.254 e. The number of halogens is 1. The van der Waals surface area contributed by atoms with Gasteiger partial charge in [0.1, 0.15) is 5.82 Å². The lowest BCUT2D eigenvalue weighted by Crippen LogP contribution is -2.58. The monoisotopic (exact) mass is 361 g/mol. The van der Waals surface area contributed by atoms with E-state index in [4.69, 9.17) is 0 Å². The molecule has 1 saturated heterocycles. The van der Waals surface area contributed by atoms with Crippen LogP contribution in [0.1, 0.15) is 43.0 Å². The lowest BCUT2D eigenvalue weighted by atomic mass is 9.95. The number of carbonyl (C=O) groups is 2. The zero-order chi connectivity index (χ0) is 18.5. The summed E-state index contributed by atoms with van der Waals surface area (Å²) in [4.78, 5) is 29.2. The average Bonchev–Trinajstić information content (AvgIpc) is 3.16. The highest BCUT2D eigenvalue weighted by Crippen LogP contribution is 2.31. The Bertz CT molecular complexity index is 638. The third-order valence-electron chi connectivity index (χ3n) is 5.53. The van der Waals surface area contributed by atoms with E-state index in [1.807, 2.05) is 6.92 Å². The van der Waals surface area contributed by atoms with E-state index in [0.29, 0.717) is 44.2 Å². The summed E-state index contributed by atoms with van der Waals surface area (Å²) in [5, 5.41) is 2.98. The van der Waals surface area contributed by atoms with E-state index >= 15 is 0 Å². The number of likely N-dealkylation sites (N-methyl/N-ethyl adjacent to an activating group) is 1. The Morgan fingerprint density at radius 2 is 1.88 bits per heavy atom. The molecule has 0 radical (unpaired) electrons. The molecule has 26 heavy (non-hydrogen) atoms. The maximum atomic E-state index is 13.4. The molecule has 1 aromatic rings. The molecule has 5 nitrogen and oxygen atoms in total. The highest BCUT2D eigenvalue weighted by molar-refractivity contribution is 5.94. The van der Waals surface area contributed by atoms with Crippen molar-refractivity contribution in [2.45, 2.75) is 38.6 Å². The average molecular weight is 361 g/mol.